The molecule has 2 fully saturated rings. The fourth-order valence-corrected chi connectivity index (χ4v) is 4.98. The average Bonchev–Trinajstić information content (AvgIpc) is 2.99. The molecule has 140 valence electrons. The first-order chi connectivity index (χ1) is 12.5. The molecule has 0 spiro atoms. The van der Waals surface area contributed by atoms with Crippen LogP contribution in [0.4, 0.5) is 5.82 Å². The van der Waals surface area contributed by atoms with Gasteiger partial charge in [0.25, 0.3) is 5.91 Å². The lowest BCUT2D eigenvalue weighted by molar-refractivity contribution is 0.0668. The number of piperazine rings is 1. The Morgan fingerprint density at radius 1 is 1.12 bits per heavy atom. The summed E-state index contributed by atoms with van der Waals surface area (Å²) < 4.78 is 0. The van der Waals surface area contributed by atoms with Gasteiger partial charge >= 0.3 is 0 Å². The minimum atomic E-state index is 0.150. The molecule has 0 bridgehead atoms. The maximum atomic E-state index is 13.1. The minimum absolute atomic E-state index is 0.150. The number of piperidine rings is 1. The number of aryl methyl sites for hydroxylation is 1. The first-order valence-electron chi connectivity index (χ1n) is 9.51. The Hall–Kier alpha value is -1.73. The summed E-state index contributed by atoms with van der Waals surface area (Å²) in [6, 6.07) is 0. The Morgan fingerprint density at radius 3 is 2.50 bits per heavy atom. The van der Waals surface area contributed by atoms with Gasteiger partial charge in [-0.05, 0) is 38.3 Å². The molecule has 2 aromatic rings. The first kappa shape index (κ1) is 17.7. The number of rotatable bonds is 2. The molecule has 2 aliphatic heterocycles. The fourth-order valence-electron chi connectivity index (χ4n) is 3.87. The molecule has 26 heavy (non-hydrogen) atoms. The summed E-state index contributed by atoms with van der Waals surface area (Å²) in [6.45, 7) is 9.91. The van der Waals surface area contributed by atoms with Crippen molar-refractivity contribution in [2.45, 2.75) is 26.7 Å². The lowest BCUT2D eigenvalue weighted by Gasteiger charge is -2.32. The van der Waals surface area contributed by atoms with E-state index in [-0.39, 0.29) is 5.91 Å². The molecular weight excluding hydrogens is 346 g/mol. The molecule has 1 amide bonds. The van der Waals surface area contributed by atoms with E-state index in [0.29, 0.717) is 0 Å². The third-order valence-corrected chi connectivity index (χ3v) is 6.96. The van der Waals surface area contributed by atoms with Crippen LogP contribution in [0.1, 0.15) is 35.0 Å². The summed E-state index contributed by atoms with van der Waals surface area (Å²) in [5, 5.41) is 1.07. The molecule has 0 aliphatic carbocycles. The van der Waals surface area contributed by atoms with E-state index in [9.17, 15) is 4.79 Å². The number of fused-ring (bicyclic) bond motifs is 1. The zero-order chi connectivity index (χ0) is 18.3. The van der Waals surface area contributed by atoms with Crippen LogP contribution >= 0.6 is 11.3 Å². The van der Waals surface area contributed by atoms with E-state index < -0.39 is 0 Å². The summed E-state index contributed by atoms with van der Waals surface area (Å²) in [4.78, 5) is 30.5. The molecule has 7 heteroatoms. The van der Waals surface area contributed by atoms with Crippen molar-refractivity contribution in [2.75, 3.05) is 51.2 Å². The Bertz CT molecular complexity index is 804. The lowest BCUT2D eigenvalue weighted by atomic mass is 9.99. The van der Waals surface area contributed by atoms with E-state index in [4.69, 9.17) is 0 Å². The number of anilines is 1. The number of thiophene rings is 1. The minimum Gasteiger partial charge on any atom is -0.356 e. The third-order valence-electron chi connectivity index (χ3n) is 5.77. The summed E-state index contributed by atoms with van der Waals surface area (Å²) in [6.07, 6.45) is 4.04. The molecule has 4 rings (SSSR count). The molecule has 4 heterocycles. The standard InChI is InChI=1S/C19H27N5OS/c1-13-4-6-23(7-5-13)17-15-14(2)16(26-18(15)21-12-20-17)19(25)24-10-8-22(3)9-11-24/h12-13H,4-11H2,1-3H3. The normalized spacial score (nSPS) is 20.1. The summed E-state index contributed by atoms with van der Waals surface area (Å²) >= 11 is 1.52. The molecule has 0 atom stereocenters. The second-order valence-corrected chi connectivity index (χ2v) is 8.70. The number of carbonyl (C=O) groups is 1. The fraction of sp³-hybridized carbons (Fsp3) is 0.632. The number of hydrogen-bond acceptors (Lipinski definition) is 6. The van der Waals surface area contributed by atoms with Crippen LogP contribution in [0.25, 0.3) is 10.2 Å². The van der Waals surface area contributed by atoms with Gasteiger partial charge in [0.15, 0.2) is 0 Å². The van der Waals surface area contributed by atoms with Gasteiger partial charge in [0.2, 0.25) is 0 Å². The average molecular weight is 374 g/mol. The van der Waals surface area contributed by atoms with Crippen molar-refractivity contribution in [3.63, 3.8) is 0 Å². The van der Waals surface area contributed by atoms with Gasteiger partial charge in [-0.25, -0.2) is 9.97 Å². The van der Waals surface area contributed by atoms with Gasteiger partial charge in [-0.2, -0.15) is 0 Å². The van der Waals surface area contributed by atoms with Gasteiger partial charge in [0, 0.05) is 39.3 Å². The third kappa shape index (κ3) is 3.18. The van der Waals surface area contributed by atoms with Crippen LogP contribution in [0.5, 0.6) is 0 Å². The molecule has 2 aliphatic rings. The van der Waals surface area contributed by atoms with Crippen LogP contribution in [-0.4, -0.2) is 72.0 Å². The summed E-state index contributed by atoms with van der Waals surface area (Å²) in [5.74, 6) is 1.94. The van der Waals surface area contributed by atoms with Crippen molar-refractivity contribution < 1.29 is 4.79 Å². The maximum Gasteiger partial charge on any atom is 0.264 e. The molecule has 0 N–H and O–H groups in total. The van der Waals surface area contributed by atoms with Gasteiger partial charge in [-0.15, -0.1) is 11.3 Å². The van der Waals surface area contributed by atoms with E-state index in [1.54, 1.807) is 6.33 Å². The Morgan fingerprint density at radius 2 is 1.81 bits per heavy atom. The van der Waals surface area contributed by atoms with Crippen LogP contribution in [0.3, 0.4) is 0 Å². The van der Waals surface area contributed by atoms with Crippen LogP contribution in [0, 0.1) is 12.8 Å². The van der Waals surface area contributed by atoms with Crippen LogP contribution in [-0.2, 0) is 0 Å². The van der Waals surface area contributed by atoms with Gasteiger partial charge in [0.1, 0.15) is 17.0 Å². The molecule has 6 nitrogen and oxygen atoms in total. The van der Waals surface area contributed by atoms with E-state index in [1.807, 2.05) is 4.90 Å². The van der Waals surface area contributed by atoms with Crippen LogP contribution in [0.2, 0.25) is 0 Å². The van der Waals surface area contributed by atoms with Gasteiger partial charge in [-0.1, -0.05) is 6.92 Å². The Balaban J connectivity index is 1.66. The first-order valence-corrected chi connectivity index (χ1v) is 10.3. The SMILES string of the molecule is Cc1c(C(=O)N2CCN(C)CC2)sc2ncnc(N3CCC(C)CC3)c12. The number of nitrogens with zero attached hydrogens (tertiary/aromatic N) is 5. The second kappa shape index (κ2) is 7.12. The molecule has 0 radical (unpaired) electrons. The number of likely N-dealkylation sites (N-methyl/N-ethyl adjacent to an activating group) is 1. The van der Waals surface area contributed by atoms with Crippen molar-refractivity contribution in [1.29, 1.82) is 0 Å². The molecule has 2 aromatic heterocycles. The van der Waals surface area contributed by atoms with Gasteiger partial charge < -0.3 is 14.7 Å². The van der Waals surface area contributed by atoms with Crippen molar-refractivity contribution >= 4 is 33.3 Å². The predicted octanol–water partition coefficient (Wildman–Crippen LogP) is 2.62. The van der Waals surface area contributed by atoms with Crippen molar-refractivity contribution in [2.24, 2.45) is 5.92 Å². The highest BCUT2D eigenvalue weighted by molar-refractivity contribution is 7.20. The van der Waals surface area contributed by atoms with Crippen molar-refractivity contribution in [3.8, 4) is 0 Å². The van der Waals surface area contributed by atoms with E-state index in [2.05, 4.69) is 40.7 Å². The molecular formula is C19H27N5OS. The smallest absolute Gasteiger partial charge is 0.264 e. The highest BCUT2D eigenvalue weighted by Gasteiger charge is 2.27. The lowest BCUT2D eigenvalue weighted by Crippen LogP contribution is -2.47. The summed E-state index contributed by atoms with van der Waals surface area (Å²) in [7, 11) is 2.11. The quantitative estimate of drug-likeness (QED) is 0.810. The highest BCUT2D eigenvalue weighted by atomic mass is 32.1. The number of carbonyl (C=O) groups excluding carboxylic acids is 1. The monoisotopic (exact) mass is 373 g/mol. The predicted molar refractivity (Wildman–Crippen MR) is 106 cm³/mol. The molecule has 0 saturated carbocycles. The number of hydrogen-bond donors (Lipinski definition) is 0. The highest BCUT2D eigenvalue weighted by Crippen LogP contribution is 2.36. The largest absolute Gasteiger partial charge is 0.356 e. The second-order valence-electron chi connectivity index (χ2n) is 7.70. The number of amides is 1. The van der Waals surface area contributed by atoms with Crippen molar-refractivity contribution in [3.05, 3.63) is 16.8 Å². The van der Waals surface area contributed by atoms with E-state index >= 15 is 0 Å². The van der Waals surface area contributed by atoms with Crippen LogP contribution < -0.4 is 4.90 Å². The summed E-state index contributed by atoms with van der Waals surface area (Å²) in [5.41, 5.74) is 1.04. The van der Waals surface area contributed by atoms with Gasteiger partial charge in [-0.3, -0.25) is 4.79 Å². The Kier molecular flexibility index (Phi) is 4.84. The van der Waals surface area contributed by atoms with Crippen LogP contribution in [0.15, 0.2) is 6.33 Å². The van der Waals surface area contributed by atoms with Gasteiger partial charge in [0.05, 0.1) is 10.3 Å². The molecule has 0 aromatic carbocycles. The maximum absolute atomic E-state index is 13.1. The van der Waals surface area contributed by atoms with E-state index in [0.717, 1.165) is 71.7 Å². The zero-order valence-corrected chi connectivity index (χ0v) is 16.7. The Labute approximate surface area is 158 Å². The molecule has 0 unspecified atom stereocenters. The topological polar surface area (TPSA) is 52.6 Å². The zero-order valence-electron chi connectivity index (χ0n) is 15.9. The van der Waals surface area contributed by atoms with Crippen molar-refractivity contribution in [1.82, 2.24) is 19.8 Å². The molecule has 2 saturated heterocycles. The van der Waals surface area contributed by atoms with E-state index in [1.165, 1.54) is 24.2 Å². The number of aromatic nitrogens is 2.